The SMILES string of the molecule is CC(=O)Nc1ccc(Nc2cc(-c3cc4ccccc4s3)[nH]n2)c(C)c1. The smallest absolute Gasteiger partial charge is 0.221 e. The lowest BCUT2D eigenvalue weighted by Gasteiger charge is -2.09. The van der Waals surface area contributed by atoms with Gasteiger partial charge in [0.25, 0.3) is 0 Å². The first-order chi connectivity index (χ1) is 12.6. The minimum absolute atomic E-state index is 0.0783. The summed E-state index contributed by atoms with van der Waals surface area (Å²) in [4.78, 5) is 12.3. The minimum atomic E-state index is -0.0783. The fourth-order valence-electron chi connectivity index (χ4n) is 2.85. The second-order valence-corrected chi connectivity index (χ2v) is 7.24. The highest BCUT2D eigenvalue weighted by atomic mass is 32.1. The van der Waals surface area contributed by atoms with Crippen molar-refractivity contribution in [2.45, 2.75) is 13.8 Å². The van der Waals surface area contributed by atoms with Crippen LogP contribution in [0.4, 0.5) is 17.2 Å². The van der Waals surface area contributed by atoms with Crippen LogP contribution in [0.5, 0.6) is 0 Å². The van der Waals surface area contributed by atoms with Gasteiger partial charge in [-0.1, -0.05) is 18.2 Å². The molecular formula is C20H18N4OS. The molecule has 0 aliphatic rings. The van der Waals surface area contributed by atoms with Gasteiger partial charge in [0, 0.05) is 29.1 Å². The van der Waals surface area contributed by atoms with Crippen LogP contribution in [0, 0.1) is 6.92 Å². The molecule has 3 N–H and O–H groups in total. The normalized spacial score (nSPS) is 10.8. The van der Waals surface area contributed by atoms with Gasteiger partial charge in [-0.05, 0) is 48.2 Å². The Bertz CT molecular complexity index is 1060. The molecule has 0 unspecified atom stereocenters. The highest BCUT2D eigenvalue weighted by Crippen LogP contribution is 2.33. The Morgan fingerprint density at radius 3 is 2.73 bits per heavy atom. The topological polar surface area (TPSA) is 69.8 Å². The molecule has 0 aliphatic carbocycles. The van der Waals surface area contributed by atoms with Gasteiger partial charge in [-0.25, -0.2) is 0 Å². The number of aromatic nitrogens is 2. The number of hydrogen-bond donors (Lipinski definition) is 3. The molecule has 0 radical (unpaired) electrons. The van der Waals surface area contributed by atoms with E-state index in [0.717, 1.165) is 33.3 Å². The maximum atomic E-state index is 11.2. The molecule has 1 amide bonds. The van der Waals surface area contributed by atoms with Gasteiger partial charge >= 0.3 is 0 Å². The van der Waals surface area contributed by atoms with Crippen LogP contribution >= 0.6 is 11.3 Å². The van der Waals surface area contributed by atoms with E-state index in [1.54, 1.807) is 11.3 Å². The number of carbonyl (C=O) groups excluding carboxylic acids is 1. The first kappa shape index (κ1) is 16.4. The molecule has 0 saturated heterocycles. The number of fused-ring (bicyclic) bond motifs is 1. The van der Waals surface area contributed by atoms with Crippen LogP contribution in [0.1, 0.15) is 12.5 Å². The zero-order valence-corrected chi connectivity index (χ0v) is 15.3. The highest BCUT2D eigenvalue weighted by molar-refractivity contribution is 7.22. The Morgan fingerprint density at radius 2 is 1.96 bits per heavy atom. The van der Waals surface area contributed by atoms with E-state index in [0.29, 0.717) is 0 Å². The summed E-state index contributed by atoms with van der Waals surface area (Å²) in [6.45, 7) is 3.49. The van der Waals surface area contributed by atoms with Crippen LogP contribution in [-0.4, -0.2) is 16.1 Å². The molecule has 5 nitrogen and oxygen atoms in total. The van der Waals surface area contributed by atoms with Gasteiger partial charge in [-0.2, -0.15) is 5.10 Å². The summed E-state index contributed by atoms with van der Waals surface area (Å²) in [5.74, 6) is 0.679. The van der Waals surface area contributed by atoms with Crippen molar-refractivity contribution in [3.05, 3.63) is 60.2 Å². The Morgan fingerprint density at radius 1 is 1.12 bits per heavy atom. The van der Waals surface area contributed by atoms with Gasteiger partial charge in [0.15, 0.2) is 5.82 Å². The van der Waals surface area contributed by atoms with Gasteiger partial charge in [0.2, 0.25) is 5.91 Å². The molecular weight excluding hydrogens is 344 g/mol. The maximum absolute atomic E-state index is 11.2. The van der Waals surface area contributed by atoms with Crippen molar-refractivity contribution in [3.8, 4) is 10.6 Å². The largest absolute Gasteiger partial charge is 0.339 e. The molecule has 4 aromatic rings. The van der Waals surface area contributed by atoms with E-state index in [1.807, 2.05) is 37.3 Å². The molecule has 6 heteroatoms. The van der Waals surface area contributed by atoms with Crippen molar-refractivity contribution < 1.29 is 4.79 Å². The average Bonchev–Trinajstić information content (AvgIpc) is 3.23. The van der Waals surface area contributed by atoms with Crippen LogP contribution in [0.2, 0.25) is 0 Å². The summed E-state index contributed by atoms with van der Waals surface area (Å²) in [5, 5.41) is 14.8. The van der Waals surface area contributed by atoms with Gasteiger partial charge in [0.05, 0.1) is 10.6 Å². The summed E-state index contributed by atoms with van der Waals surface area (Å²) >= 11 is 1.74. The Hall–Kier alpha value is -3.12. The Kier molecular flexibility index (Phi) is 4.18. The predicted octanol–water partition coefficient (Wildman–Crippen LogP) is 5.30. The number of thiophene rings is 1. The fourth-order valence-corrected chi connectivity index (χ4v) is 3.88. The summed E-state index contributed by atoms with van der Waals surface area (Å²) in [7, 11) is 0. The van der Waals surface area contributed by atoms with Gasteiger partial charge in [0.1, 0.15) is 0 Å². The monoisotopic (exact) mass is 362 g/mol. The van der Waals surface area contributed by atoms with Crippen molar-refractivity contribution in [3.63, 3.8) is 0 Å². The third-order valence-corrected chi connectivity index (χ3v) is 5.23. The summed E-state index contributed by atoms with van der Waals surface area (Å²) < 4.78 is 1.26. The molecule has 0 aliphatic heterocycles. The fraction of sp³-hybridized carbons (Fsp3) is 0.100. The second-order valence-electron chi connectivity index (χ2n) is 6.15. The van der Waals surface area contributed by atoms with Crippen LogP contribution in [0.3, 0.4) is 0 Å². The molecule has 0 atom stereocenters. The standard InChI is InChI=1S/C20H18N4OS/c1-12-9-15(21-13(2)25)7-8-16(12)22-20-11-17(23-24-20)19-10-14-5-3-4-6-18(14)26-19/h3-11H,1-2H3,(H,21,25)(H2,22,23,24). The van der Waals surface area contributed by atoms with E-state index in [9.17, 15) is 4.79 Å². The molecule has 4 rings (SSSR count). The van der Waals surface area contributed by atoms with E-state index in [2.05, 4.69) is 45.1 Å². The molecule has 0 spiro atoms. The minimum Gasteiger partial charge on any atom is -0.339 e. The number of nitrogens with one attached hydrogen (secondary N) is 3. The molecule has 0 saturated carbocycles. The average molecular weight is 362 g/mol. The second kappa shape index (κ2) is 6.65. The van der Waals surface area contributed by atoms with Crippen molar-refractivity contribution >= 4 is 44.5 Å². The molecule has 0 fully saturated rings. The summed E-state index contributed by atoms with van der Waals surface area (Å²) in [6, 6.07) is 18.3. The molecule has 2 aromatic heterocycles. The number of anilines is 3. The van der Waals surface area contributed by atoms with Crippen LogP contribution < -0.4 is 10.6 Å². The molecule has 0 bridgehead atoms. The van der Waals surface area contributed by atoms with Gasteiger partial charge in [-0.15, -0.1) is 11.3 Å². The van der Waals surface area contributed by atoms with Crippen molar-refractivity contribution in [2.24, 2.45) is 0 Å². The van der Waals surface area contributed by atoms with E-state index >= 15 is 0 Å². The number of carbonyl (C=O) groups is 1. The first-order valence-corrected chi connectivity index (χ1v) is 9.10. The number of aryl methyl sites for hydroxylation is 1. The summed E-state index contributed by atoms with van der Waals surface area (Å²) in [5.41, 5.74) is 3.76. The predicted molar refractivity (Wildman–Crippen MR) is 108 cm³/mol. The lowest BCUT2D eigenvalue weighted by Crippen LogP contribution is -2.06. The Balaban J connectivity index is 1.56. The number of rotatable bonds is 4. The van der Waals surface area contributed by atoms with E-state index in [1.165, 1.54) is 17.0 Å². The third-order valence-electron chi connectivity index (χ3n) is 4.08. The number of benzene rings is 2. The van der Waals surface area contributed by atoms with Crippen molar-refractivity contribution in [1.29, 1.82) is 0 Å². The molecule has 130 valence electrons. The van der Waals surface area contributed by atoms with Gasteiger partial charge < -0.3 is 10.6 Å². The number of hydrogen-bond acceptors (Lipinski definition) is 4. The lowest BCUT2D eigenvalue weighted by atomic mass is 10.1. The van der Waals surface area contributed by atoms with E-state index in [4.69, 9.17) is 0 Å². The number of nitrogens with zero attached hydrogens (tertiary/aromatic N) is 1. The quantitative estimate of drug-likeness (QED) is 0.461. The maximum Gasteiger partial charge on any atom is 0.221 e. The highest BCUT2D eigenvalue weighted by Gasteiger charge is 2.09. The van der Waals surface area contributed by atoms with Crippen LogP contribution in [0.15, 0.2) is 54.6 Å². The molecule has 2 heterocycles. The first-order valence-electron chi connectivity index (χ1n) is 8.28. The number of H-pyrrole nitrogens is 1. The zero-order valence-electron chi connectivity index (χ0n) is 14.5. The number of aromatic amines is 1. The van der Waals surface area contributed by atoms with Crippen molar-refractivity contribution in [1.82, 2.24) is 10.2 Å². The van der Waals surface area contributed by atoms with E-state index in [-0.39, 0.29) is 5.91 Å². The third kappa shape index (κ3) is 3.32. The van der Waals surface area contributed by atoms with Crippen molar-refractivity contribution in [2.75, 3.05) is 10.6 Å². The van der Waals surface area contributed by atoms with Crippen LogP contribution in [-0.2, 0) is 4.79 Å². The number of amides is 1. The molecule has 2 aromatic carbocycles. The Labute approximate surface area is 155 Å². The van der Waals surface area contributed by atoms with Crippen LogP contribution in [0.25, 0.3) is 20.7 Å². The zero-order chi connectivity index (χ0) is 18.1. The summed E-state index contributed by atoms with van der Waals surface area (Å²) in [6.07, 6.45) is 0. The molecule has 26 heavy (non-hydrogen) atoms. The lowest BCUT2D eigenvalue weighted by molar-refractivity contribution is -0.114. The van der Waals surface area contributed by atoms with E-state index < -0.39 is 0 Å². The van der Waals surface area contributed by atoms with Gasteiger partial charge in [-0.3, -0.25) is 9.89 Å².